The van der Waals surface area contributed by atoms with Crippen molar-refractivity contribution in [1.29, 1.82) is 0 Å². The summed E-state index contributed by atoms with van der Waals surface area (Å²) < 4.78 is 0. The van der Waals surface area contributed by atoms with E-state index in [0.29, 0.717) is 19.4 Å². The van der Waals surface area contributed by atoms with Crippen molar-refractivity contribution in [2.45, 2.75) is 31.3 Å². The number of nitrogens with two attached hydrogens (primary N) is 1. The van der Waals surface area contributed by atoms with Gasteiger partial charge in [0, 0.05) is 19.0 Å². The van der Waals surface area contributed by atoms with Gasteiger partial charge >= 0.3 is 0 Å². The summed E-state index contributed by atoms with van der Waals surface area (Å²) in [5, 5.41) is 14.7. The Balaban J connectivity index is 1.77. The number of nitrogens with one attached hydrogen (secondary N) is 2. The van der Waals surface area contributed by atoms with Crippen LogP contribution in [0.3, 0.4) is 0 Å². The summed E-state index contributed by atoms with van der Waals surface area (Å²) in [7, 11) is 0. The van der Waals surface area contributed by atoms with E-state index in [1.807, 2.05) is 0 Å². The third-order valence-corrected chi connectivity index (χ3v) is 3.34. The van der Waals surface area contributed by atoms with Crippen molar-refractivity contribution in [2.75, 3.05) is 6.54 Å². The lowest BCUT2D eigenvalue weighted by Gasteiger charge is -2.15. The van der Waals surface area contributed by atoms with Crippen LogP contribution in [0.25, 0.3) is 0 Å². The molecule has 1 aliphatic rings. The van der Waals surface area contributed by atoms with Crippen LogP contribution in [-0.2, 0) is 16.0 Å². The molecular formula is C14H19N3O3. The molecule has 0 bridgehead atoms. The summed E-state index contributed by atoms with van der Waals surface area (Å²) in [6.07, 6.45) is 1.66. The van der Waals surface area contributed by atoms with Crippen LogP contribution in [-0.4, -0.2) is 35.5 Å². The van der Waals surface area contributed by atoms with Gasteiger partial charge in [0.2, 0.25) is 11.8 Å². The SMILES string of the molecule is NC(Cc1ccc(O)cc1)C(=O)NCC1CCC(=O)N1. The van der Waals surface area contributed by atoms with E-state index in [2.05, 4.69) is 10.6 Å². The molecule has 1 saturated heterocycles. The summed E-state index contributed by atoms with van der Waals surface area (Å²) in [5.74, 6) is -0.0272. The van der Waals surface area contributed by atoms with Gasteiger partial charge in [-0.1, -0.05) is 12.1 Å². The quantitative estimate of drug-likeness (QED) is 0.591. The Hall–Kier alpha value is -2.08. The van der Waals surface area contributed by atoms with Crippen LogP contribution in [0.5, 0.6) is 5.75 Å². The molecule has 0 aliphatic carbocycles. The molecule has 2 amide bonds. The first-order valence-corrected chi connectivity index (χ1v) is 6.65. The van der Waals surface area contributed by atoms with Gasteiger partial charge in [-0.25, -0.2) is 0 Å². The number of hydrogen-bond acceptors (Lipinski definition) is 4. The lowest BCUT2D eigenvalue weighted by molar-refractivity contribution is -0.123. The minimum atomic E-state index is -0.642. The van der Waals surface area contributed by atoms with Crippen molar-refractivity contribution in [3.05, 3.63) is 29.8 Å². The zero-order chi connectivity index (χ0) is 14.5. The molecule has 5 N–H and O–H groups in total. The number of benzene rings is 1. The highest BCUT2D eigenvalue weighted by molar-refractivity contribution is 5.82. The van der Waals surface area contributed by atoms with Crippen LogP contribution in [0.15, 0.2) is 24.3 Å². The van der Waals surface area contributed by atoms with Crippen molar-refractivity contribution < 1.29 is 14.7 Å². The number of hydrogen-bond donors (Lipinski definition) is 4. The van der Waals surface area contributed by atoms with Gasteiger partial charge in [0.1, 0.15) is 5.75 Å². The highest BCUT2D eigenvalue weighted by atomic mass is 16.3. The molecule has 0 spiro atoms. The first-order chi connectivity index (χ1) is 9.54. The molecule has 2 unspecified atom stereocenters. The molecule has 1 aromatic rings. The van der Waals surface area contributed by atoms with Crippen LogP contribution < -0.4 is 16.4 Å². The van der Waals surface area contributed by atoms with E-state index >= 15 is 0 Å². The van der Waals surface area contributed by atoms with Crippen LogP contribution in [0, 0.1) is 0 Å². The predicted molar refractivity (Wildman–Crippen MR) is 74.0 cm³/mol. The van der Waals surface area contributed by atoms with Gasteiger partial charge in [0.15, 0.2) is 0 Å². The Labute approximate surface area is 117 Å². The number of amides is 2. The minimum Gasteiger partial charge on any atom is -0.508 e. The number of rotatable bonds is 5. The number of carbonyl (C=O) groups is 2. The Morgan fingerprint density at radius 3 is 2.75 bits per heavy atom. The Kier molecular flexibility index (Phi) is 4.57. The van der Waals surface area contributed by atoms with Crippen molar-refractivity contribution in [3.8, 4) is 5.75 Å². The maximum atomic E-state index is 11.9. The molecular weight excluding hydrogens is 258 g/mol. The minimum absolute atomic E-state index is 0.00678. The van der Waals surface area contributed by atoms with Gasteiger partial charge < -0.3 is 21.5 Å². The average molecular weight is 277 g/mol. The molecule has 1 aromatic carbocycles. The highest BCUT2D eigenvalue weighted by Crippen LogP contribution is 2.11. The zero-order valence-electron chi connectivity index (χ0n) is 11.1. The largest absolute Gasteiger partial charge is 0.508 e. The number of phenols is 1. The smallest absolute Gasteiger partial charge is 0.237 e. The molecule has 1 aliphatic heterocycles. The predicted octanol–water partition coefficient (Wildman–Crippen LogP) is -0.343. The van der Waals surface area contributed by atoms with E-state index in [0.717, 1.165) is 12.0 Å². The maximum absolute atomic E-state index is 11.9. The fraction of sp³-hybridized carbons (Fsp3) is 0.429. The first-order valence-electron chi connectivity index (χ1n) is 6.65. The molecule has 6 nitrogen and oxygen atoms in total. The molecule has 20 heavy (non-hydrogen) atoms. The van der Waals surface area contributed by atoms with Gasteiger partial charge in [-0.3, -0.25) is 9.59 Å². The molecule has 1 heterocycles. The second kappa shape index (κ2) is 6.38. The highest BCUT2D eigenvalue weighted by Gasteiger charge is 2.22. The molecule has 2 atom stereocenters. The third kappa shape index (κ3) is 3.96. The monoisotopic (exact) mass is 277 g/mol. The molecule has 0 radical (unpaired) electrons. The lowest BCUT2D eigenvalue weighted by Crippen LogP contribution is -2.46. The van der Waals surface area contributed by atoms with Crippen LogP contribution in [0.2, 0.25) is 0 Å². The summed E-state index contributed by atoms with van der Waals surface area (Å²) in [6, 6.07) is 5.96. The van der Waals surface area contributed by atoms with Crippen molar-refractivity contribution in [2.24, 2.45) is 5.73 Å². The maximum Gasteiger partial charge on any atom is 0.237 e. The molecule has 0 saturated carbocycles. The zero-order valence-corrected chi connectivity index (χ0v) is 11.1. The molecule has 0 aromatic heterocycles. The number of aromatic hydroxyl groups is 1. The third-order valence-electron chi connectivity index (χ3n) is 3.34. The Morgan fingerprint density at radius 2 is 2.15 bits per heavy atom. The standard InChI is InChI=1S/C14H19N3O3/c15-12(7-9-1-4-11(18)5-2-9)14(20)16-8-10-3-6-13(19)17-10/h1-2,4-5,10,12,18H,3,6-8,15H2,(H,16,20)(H,17,19). The number of carbonyl (C=O) groups excluding carboxylic acids is 2. The summed E-state index contributed by atoms with van der Waals surface area (Å²) >= 11 is 0. The van der Waals surface area contributed by atoms with E-state index in [4.69, 9.17) is 5.73 Å². The van der Waals surface area contributed by atoms with Gasteiger partial charge in [-0.15, -0.1) is 0 Å². The van der Waals surface area contributed by atoms with Crippen molar-refractivity contribution in [3.63, 3.8) is 0 Å². The van der Waals surface area contributed by atoms with E-state index in [1.165, 1.54) is 0 Å². The van der Waals surface area contributed by atoms with Gasteiger partial charge in [-0.2, -0.15) is 0 Å². The average Bonchev–Trinajstić information content (AvgIpc) is 2.84. The van der Waals surface area contributed by atoms with E-state index in [1.54, 1.807) is 24.3 Å². The summed E-state index contributed by atoms with van der Waals surface area (Å²) in [4.78, 5) is 22.9. The second-order valence-corrected chi connectivity index (χ2v) is 5.03. The van der Waals surface area contributed by atoms with Crippen molar-refractivity contribution >= 4 is 11.8 Å². The van der Waals surface area contributed by atoms with E-state index < -0.39 is 6.04 Å². The van der Waals surface area contributed by atoms with Gasteiger partial charge in [0.25, 0.3) is 0 Å². The molecule has 6 heteroatoms. The van der Waals surface area contributed by atoms with Gasteiger partial charge in [0.05, 0.1) is 6.04 Å². The van der Waals surface area contributed by atoms with Gasteiger partial charge in [-0.05, 0) is 30.5 Å². The molecule has 2 rings (SSSR count). The topological polar surface area (TPSA) is 104 Å². The van der Waals surface area contributed by atoms with E-state index in [-0.39, 0.29) is 23.6 Å². The van der Waals surface area contributed by atoms with E-state index in [9.17, 15) is 14.7 Å². The lowest BCUT2D eigenvalue weighted by atomic mass is 10.1. The summed E-state index contributed by atoms with van der Waals surface area (Å²) in [5.41, 5.74) is 6.73. The molecule has 108 valence electrons. The first kappa shape index (κ1) is 14.3. The van der Waals surface area contributed by atoms with Crippen LogP contribution in [0.1, 0.15) is 18.4 Å². The normalized spacial score (nSPS) is 19.4. The van der Waals surface area contributed by atoms with Crippen molar-refractivity contribution in [1.82, 2.24) is 10.6 Å². The fourth-order valence-electron chi connectivity index (χ4n) is 2.16. The van der Waals surface area contributed by atoms with Crippen LogP contribution >= 0.6 is 0 Å². The number of phenolic OH excluding ortho intramolecular Hbond substituents is 1. The Bertz CT molecular complexity index is 487. The Morgan fingerprint density at radius 1 is 1.45 bits per heavy atom. The van der Waals surface area contributed by atoms with Crippen LogP contribution in [0.4, 0.5) is 0 Å². The second-order valence-electron chi connectivity index (χ2n) is 5.03. The fourth-order valence-corrected chi connectivity index (χ4v) is 2.16. The molecule has 1 fully saturated rings. The summed E-state index contributed by atoms with van der Waals surface area (Å²) in [6.45, 7) is 0.411.